The van der Waals surface area contributed by atoms with E-state index < -0.39 is 0 Å². The Hall–Kier alpha value is -1.08. The van der Waals surface area contributed by atoms with Gasteiger partial charge in [0.05, 0.1) is 29.9 Å². The minimum absolute atomic E-state index is 0.165. The fourth-order valence-corrected chi connectivity index (χ4v) is 12.2. The third kappa shape index (κ3) is 3.65. The summed E-state index contributed by atoms with van der Waals surface area (Å²) < 4.78 is 6.43. The quantitative estimate of drug-likeness (QED) is 0.501. The van der Waals surface area contributed by atoms with E-state index in [4.69, 9.17) is 4.74 Å². The number of hydrogen-bond donors (Lipinski definition) is 2. The van der Waals surface area contributed by atoms with E-state index in [2.05, 4.69) is 25.1 Å². The number of methoxy groups -OCH3 is 1. The number of aliphatic hydroxyl groups is 2. The monoisotopic (exact) mass is 539 g/mol. The average Bonchev–Trinajstić information content (AvgIpc) is 3.61. The number of ether oxygens (including phenoxy) is 1. The summed E-state index contributed by atoms with van der Waals surface area (Å²) in [7, 11) is 1.93. The first-order valence-electron chi connectivity index (χ1n) is 15.3. The van der Waals surface area contributed by atoms with Crippen LogP contribution >= 0.6 is 11.8 Å². The molecule has 0 aromatic heterocycles. The Kier molecular flexibility index (Phi) is 6.46. The summed E-state index contributed by atoms with van der Waals surface area (Å²) in [5, 5.41) is 22.1. The predicted octanol–water partition coefficient (Wildman–Crippen LogP) is 5.87. The van der Waals surface area contributed by atoms with Crippen LogP contribution < -0.4 is 4.90 Å². The maximum absolute atomic E-state index is 13.3. The van der Waals surface area contributed by atoms with Gasteiger partial charge in [-0.25, -0.2) is 0 Å². The van der Waals surface area contributed by atoms with Crippen LogP contribution in [0.25, 0.3) is 0 Å². The molecule has 7 rings (SSSR count). The summed E-state index contributed by atoms with van der Waals surface area (Å²) >= 11 is 1.76. The first kappa shape index (κ1) is 25.9. The van der Waals surface area contributed by atoms with Gasteiger partial charge < -0.3 is 19.8 Å². The summed E-state index contributed by atoms with van der Waals surface area (Å²) in [6.07, 6.45) is 11.0. The number of benzene rings is 1. The maximum atomic E-state index is 13.3. The molecule has 1 spiro atoms. The van der Waals surface area contributed by atoms with Crippen molar-refractivity contribution in [2.75, 3.05) is 17.9 Å². The first-order valence-corrected chi connectivity index (χ1v) is 16.3. The molecular formula is C32H45NO4S. The topological polar surface area (TPSA) is 70.0 Å². The fourth-order valence-electron chi connectivity index (χ4n) is 11.2. The van der Waals surface area contributed by atoms with Gasteiger partial charge in [0.2, 0.25) is 5.91 Å². The SMILES string of the molecule is CO[C@H]1C[C@H]2[C@@H]([C@H](O)C[C@@H]3C[C@H](O)CC[C@@]32C)[C@@H]2CC[C@@H]3[C@@H](CCC(=O)N4CSc5ccccc54)CC[C@@]132. The number of carbonyl (C=O) groups excluding carboxylic acids is 1. The zero-order valence-corrected chi connectivity index (χ0v) is 23.9. The number of rotatable bonds is 4. The summed E-state index contributed by atoms with van der Waals surface area (Å²) in [4.78, 5) is 16.5. The van der Waals surface area contributed by atoms with Crippen LogP contribution in [0.3, 0.4) is 0 Å². The van der Waals surface area contributed by atoms with E-state index in [-0.39, 0.29) is 35.0 Å². The molecule has 0 bridgehead atoms. The van der Waals surface area contributed by atoms with E-state index in [1.807, 2.05) is 18.1 Å². The molecule has 11 atom stereocenters. The minimum Gasteiger partial charge on any atom is -0.393 e. The van der Waals surface area contributed by atoms with Crippen molar-refractivity contribution < 1.29 is 19.7 Å². The van der Waals surface area contributed by atoms with Crippen LogP contribution in [-0.2, 0) is 9.53 Å². The Morgan fingerprint density at radius 2 is 1.87 bits per heavy atom. The number of hydrogen-bond acceptors (Lipinski definition) is 5. The van der Waals surface area contributed by atoms with E-state index in [1.165, 1.54) is 30.6 Å². The van der Waals surface area contributed by atoms with Crippen molar-refractivity contribution in [3.63, 3.8) is 0 Å². The number of carbonyl (C=O) groups is 1. The van der Waals surface area contributed by atoms with Gasteiger partial charge >= 0.3 is 0 Å². The third-order valence-electron chi connectivity index (χ3n) is 12.8. The smallest absolute Gasteiger partial charge is 0.227 e. The lowest BCUT2D eigenvalue weighted by Gasteiger charge is -2.64. The number of nitrogens with zero attached hydrogens (tertiary/aromatic N) is 1. The highest BCUT2D eigenvalue weighted by Crippen LogP contribution is 2.72. The van der Waals surface area contributed by atoms with Gasteiger partial charge in [-0.2, -0.15) is 0 Å². The van der Waals surface area contributed by atoms with Gasteiger partial charge in [0, 0.05) is 23.8 Å². The predicted molar refractivity (Wildman–Crippen MR) is 150 cm³/mol. The maximum Gasteiger partial charge on any atom is 0.227 e. The molecule has 0 unspecified atom stereocenters. The van der Waals surface area contributed by atoms with Crippen LogP contribution in [0.4, 0.5) is 5.69 Å². The zero-order valence-electron chi connectivity index (χ0n) is 23.1. The van der Waals surface area contributed by atoms with E-state index in [0.717, 1.165) is 50.1 Å². The lowest BCUT2D eigenvalue weighted by atomic mass is 9.43. The van der Waals surface area contributed by atoms with Crippen LogP contribution in [0.1, 0.15) is 77.6 Å². The molecule has 5 fully saturated rings. The van der Waals surface area contributed by atoms with Gasteiger partial charge in [-0.1, -0.05) is 19.1 Å². The Labute approximate surface area is 232 Å². The van der Waals surface area contributed by atoms with Crippen molar-refractivity contribution in [2.24, 2.45) is 46.3 Å². The van der Waals surface area contributed by atoms with Gasteiger partial charge in [0.15, 0.2) is 0 Å². The summed E-state index contributed by atoms with van der Waals surface area (Å²) in [6.45, 7) is 2.47. The lowest BCUT2D eigenvalue weighted by Crippen LogP contribution is -2.62. The molecule has 5 nitrogen and oxygen atoms in total. The fraction of sp³-hybridized carbons (Fsp3) is 0.781. The highest BCUT2D eigenvalue weighted by Gasteiger charge is 2.69. The van der Waals surface area contributed by atoms with E-state index in [0.29, 0.717) is 41.9 Å². The highest BCUT2D eigenvalue weighted by atomic mass is 32.2. The zero-order chi connectivity index (χ0) is 26.2. The van der Waals surface area contributed by atoms with E-state index in [1.54, 1.807) is 11.8 Å². The van der Waals surface area contributed by atoms with Crippen molar-refractivity contribution in [2.45, 2.75) is 101 Å². The highest BCUT2D eigenvalue weighted by molar-refractivity contribution is 8.00. The van der Waals surface area contributed by atoms with Gasteiger partial charge in [-0.3, -0.25) is 4.79 Å². The van der Waals surface area contributed by atoms with E-state index in [9.17, 15) is 15.0 Å². The lowest BCUT2D eigenvalue weighted by molar-refractivity contribution is -0.211. The number of para-hydroxylation sites is 1. The van der Waals surface area contributed by atoms with Gasteiger partial charge in [-0.15, -0.1) is 11.8 Å². The Morgan fingerprint density at radius 1 is 1.05 bits per heavy atom. The molecule has 5 saturated carbocycles. The summed E-state index contributed by atoms with van der Waals surface area (Å²) in [5.41, 5.74) is 1.45. The molecule has 1 aromatic carbocycles. The van der Waals surface area contributed by atoms with Crippen LogP contribution in [0.2, 0.25) is 0 Å². The first-order chi connectivity index (χ1) is 18.4. The van der Waals surface area contributed by atoms with Crippen LogP contribution in [0, 0.1) is 46.3 Å². The largest absolute Gasteiger partial charge is 0.393 e. The molecule has 0 radical (unpaired) electrons. The van der Waals surface area contributed by atoms with Crippen molar-refractivity contribution in [1.29, 1.82) is 0 Å². The van der Waals surface area contributed by atoms with Gasteiger partial charge in [-0.05, 0) is 117 Å². The molecular weight excluding hydrogens is 494 g/mol. The molecule has 5 aliphatic carbocycles. The van der Waals surface area contributed by atoms with Gasteiger partial charge in [0.1, 0.15) is 0 Å². The van der Waals surface area contributed by atoms with E-state index >= 15 is 0 Å². The molecule has 1 aromatic rings. The summed E-state index contributed by atoms with van der Waals surface area (Å²) in [6, 6.07) is 8.28. The van der Waals surface area contributed by atoms with Crippen molar-refractivity contribution >= 4 is 23.4 Å². The van der Waals surface area contributed by atoms with Crippen molar-refractivity contribution in [1.82, 2.24) is 0 Å². The molecule has 6 aliphatic rings. The molecule has 1 aliphatic heterocycles. The average molecular weight is 540 g/mol. The molecule has 0 saturated heterocycles. The number of thioether (sulfide) groups is 1. The molecule has 208 valence electrons. The normalized spacial score (nSPS) is 47.2. The molecule has 38 heavy (non-hydrogen) atoms. The second-order valence-electron chi connectivity index (χ2n) is 13.9. The Bertz CT molecular complexity index is 1080. The Balaban J connectivity index is 1.10. The second kappa shape index (κ2) is 9.49. The molecule has 1 amide bonds. The number of aliphatic hydroxyl groups excluding tert-OH is 2. The summed E-state index contributed by atoms with van der Waals surface area (Å²) in [5.74, 6) is 3.99. The second-order valence-corrected chi connectivity index (χ2v) is 14.9. The third-order valence-corrected chi connectivity index (χ3v) is 13.9. The number of amides is 1. The molecule has 6 heteroatoms. The molecule has 2 N–H and O–H groups in total. The van der Waals surface area contributed by atoms with Crippen LogP contribution in [0.15, 0.2) is 29.2 Å². The van der Waals surface area contributed by atoms with Crippen LogP contribution in [0.5, 0.6) is 0 Å². The minimum atomic E-state index is -0.254. The van der Waals surface area contributed by atoms with Crippen molar-refractivity contribution in [3.8, 4) is 0 Å². The van der Waals surface area contributed by atoms with Crippen LogP contribution in [-0.4, -0.2) is 47.4 Å². The molecule has 1 heterocycles. The van der Waals surface area contributed by atoms with Crippen molar-refractivity contribution in [3.05, 3.63) is 24.3 Å². The van der Waals surface area contributed by atoms with Gasteiger partial charge in [0.25, 0.3) is 0 Å². The number of anilines is 1. The number of fused-ring (bicyclic) bond motifs is 5. The standard InChI is InChI=1S/C32H45NO4S/c1-31-13-12-21(34)15-20(31)16-26(35)30-23-9-8-22-19(11-14-32(22,23)28(37-2)17-24(30)31)7-10-29(36)33-18-38-27-6-4-3-5-25(27)33/h3-6,19-24,26,28,30,34-35H,7-18H2,1-2H3/t19-,20-,21+,22+,23-,24-,26+,28-,30-,31-,32+/m0/s1. The Morgan fingerprint density at radius 3 is 2.71 bits per heavy atom.